The van der Waals surface area contributed by atoms with Crippen molar-refractivity contribution in [3.05, 3.63) is 66.1 Å². The first-order chi connectivity index (χ1) is 12.2. The lowest BCUT2D eigenvalue weighted by Crippen LogP contribution is -2.23. The second-order valence-electron chi connectivity index (χ2n) is 5.53. The molecule has 0 aliphatic rings. The molecule has 0 radical (unpaired) electrons. The molecule has 0 bridgehead atoms. The van der Waals surface area contributed by atoms with Crippen LogP contribution in [-0.2, 0) is 13.6 Å². The molecule has 0 atom stereocenters. The largest absolute Gasteiger partial charge is 0.493 e. The minimum Gasteiger partial charge on any atom is -0.493 e. The van der Waals surface area contributed by atoms with E-state index in [2.05, 4.69) is 15.4 Å². The average Bonchev–Trinajstić information content (AvgIpc) is 3.07. The number of ether oxygens (including phenoxy) is 1. The number of aromatic nitrogens is 3. The molecule has 1 N–H and O–H groups in total. The van der Waals surface area contributed by atoms with Gasteiger partial charge in [-0.15, -0.1) is 0 Å². The van der Waals surface area contributed by atoms with Gasteiger partial charge in [-0.3, -0.25) is 14.5 Å². The van der Waals surface area contributed by atoms with E-state index in [1.165, 1.54) is 0 Å². The molecule has 2 heterocycles. The highest BCUT2D eigenvalue weighted by Crippen LogP contribution is 2.19. The summed E-state index contributed by atoms with van der Waals surface area (Å²) in [4.78, 5) is 16.7. The van der Waals surface area contributed by atoms with Crippen LogP contribution in [0.15, 0.2) is 55.0 Å². The number of carbonyl (C=O) groups excluding carboxylic acids is 1. The second-order valence-corrected chi connectivity index (χ2v) is 5.53. The van der Waals surface area contributed by atoms with Gasteiger partial charge < -0.3 is 10.1 Å². The summed E-state index contributed by atoms with van der Waals surface area (Å²) in [6.07, 6.45) is 5.27. The standard InChI is InChI=1S/C19H20N4O2/c1-3-25-18-7-5-4-6-16(18)19(24)21-12-14-10-15(13-20-11-14)17-8-9-22-23(17)2/h4-11,13H,3,12H2,1-2H3,(H,21,24). The highest BCUT2D eigenvalue weighted by Gasteiger charge is 2.12. The fourth-order valence-electron chi connectivity index (χ4n) is 2.59. The lowest BCUT2D eigenvalue weighted by molar-refractivity contribution is 0.0947. The Kier molecular flexibility index (Phi) is 5.09. The van der Waals surface area contributed by atoms with Gasteiger partial charge >= 0.3 is 0 Å². The van der Waals surface area contributed by atoms with E-state index in [0.717, 1.165) is 16.8 Å². The minimum atomic E-state index is -0.171. The van der Waals surface area contributed by atoms with Crippen LogP contribution in [0, 0.1) is 0 Å². The van der Waals surface area contributed by atoms with Crippen LogP contribution < -0.4 is 10.1 Å². The lowest BCUT2D eigenvalue weighted by atomic mass is 10.1. The first-order valence-electron chi connectivity index (χ1n) is 8.11. The summed E-state index contributed by atoms with van der Waals surface area (Å²) >= 11 is 0. The summed E-state index contributed by atoms with van der Waals surface area (Å²) in [5.74, 6) is 0.416. The maximum absolute atomic E-state index is 12.5. The third-order valence-electron chi connectivity index (χ3n) is 3.80. The van der Waals surface area contributed by atoms with Gasteiger partial charge in [-0.1, -0.05) is 12.1 Å². The normalized spacial score (nSPS) is 10.5. The maximum atomic E-state index is 12.5. The van der Waals surface area contributed by atoms with Crippen LogP contribution >= 0.6 is 0 Å². The van der Waals surface area contributed by atoms with Gasteiger partial charge in [-0.25, -0.2) is 0 Å². The number of hydrogen-bond acceptors (Lipinski definition) is 4. The molecule has 3 rings (SSSR count). The van der Waals surface area contributed by atoms with Crippen LogP contribution in [0.25, 0.3) is 11.3 Å². The van der Waals surface area contributed by atoms with Gasteiger partial charge in [-0.05, 0) is 36.8 Å². The number of aryl methyl sites for hydroxylation is 1. The van der Waals surface area contributed by atoms with Gasteiger partial charge in [0.05, 0.1) is 17.9 Å². The predicted molar refractivity (Wildman–Crippen MR) is 95.2 cm³/mol. The van der Waals surface area contributed by atoms with Gasteiger partial charge in [0.1, 0.15) is 5.75 Å². The van der Waals surface area contributed by atoms with Crippen molar-refractivity contribution in [2.24, 2.45) is 7.05 Å². The molecule has 6 heteroatoms. The first kappa shape index (κ1) is 16.7. The van der Waals surface area contributed by atoms with Crippen molar-refractivity contribution in [2.75, 3.05) is 6.61 Å². The van der Waals surface area contributed by atoms with E-state index in [4.69, 9.17) is 4.74 Å². The van der Waals surface area contributed by atoms with Gasteiger partial charge in [0.2, 0.25) is 0 Å². The number of pyridine rings is 1. The molecule has 0 fully saturated rings. The van der Waals surface area contributed by atoms with E-state index < -0.39 is 0 Å². The fraction of sp³-hybridized carbons (Fsp3) is 0.211. The quantitative estimate of drug-likeness (QED) is 0.751. The van der Waals surface area contributed by atoms with Gasteiger partial charge in [0, 0.05) is 37.7 Å². The summed E-state index contributed by atoms with van der Waals surface area (Å²) in [5.41, 5.74) is 3.38. The zero-order valence-electron chi connectivity index (χ0n) is 14.3. The maximum Gasteiger partial charge on any atom is 0.255 e. The van der Waals surface area contributed by atoms with Crippen LogP contribution in [0.5, 0.6) is 5.75 Å². The number of rotatable bonds is 6. The molecule has 0 aliphatic carbocycles. The van der Waals surface area contributed by atoms with Gasteiger partial charge in [0.25, 0.3) is 5.91 Å². The molecule has 128 valence electrons. The Balaban J connectivity index is 1.72. The van der Waals surface area contributed by atoms with Crippen molar-refractivity contribution >= 4 is 5.91 Å². The number of amides is 1. The van der Waals surface area contributed by atoms with Crippen LogP contribution in [0.3, 0.4) is 0 Å². The van der Waals surface area contributed by atoms with Gasteiger partial charge in [0.15, 0.2) is 0 Å². The van der Waals surface area contributed by atoms with Crippen LogP contribution in [0.4, 0.5) is 0 Å². The van der Waals surface area contributed by atoms with Crippen molar-refractivity contribution in [2.45, 2.75) is 13.5 Å². The zero-order chi connectivity index (χ0) is 17.6. The lowest BCUT2D eigenvalue weighted by Gasteiger charge is -2.11. The molecule has 0 aliphatic heterocycles. The third-order valence-corrected chi connectivity index (χ3v) is 3.80. The summed E-state index contributed by atoms with van der Waals surface area (Å²) in [6, 6.07) is 11.1. The Labute approximate surface area is 146 Å². The Morgan fingerprint density at radius 3 is 2.84 bits per heavy atom. The van der Waals surface area contributed by atoms with Crippen molar-refractivity contribution in [1.82, 2.24) is 20.1 Å². The molecular formula is C19H20N4O2. The number of hydrogen-bond donors (Lipinski definition) is 1. The number of carbonyl (C=O) groups is 1. The molecule has 0 saturated carbocycles. The summed E-state index contributed by atoms with van der Waals surface area (Å²) < 4.78 is 7.30. The van der Waals surface area contributed by atoms with Crippen molar-refractivity contribution < 1.29 is 9.53 Å². The van der Waals surface area contributed by atoms with E-state index in [1.54, 1.807) is 35.4 Å². The SMILES string of the molecule is CCOc1ccccc1C(=O)NCc1cncc(-c2ccnn2C)c1. The molecule has 1 amide bonds. The number of benzene rings is 1. The zero-order valence-corrected chi connectivity index (χ0v) is 14.3. The van der Waals surface area contributed by atoms with Crippen LogP contribution in [0.2, 0.25) is 0 Å². The second kappa shape index (κ2) is 7.61. The number of nitrogens with zero attached hydrogens (tertiary/aromatic N) is 3. The van der Waals surface area contributed by atoms with Crippen molar-refractivity contribution in [3.63, 3.8) is 0 Å². The van der Waals surface area contributed by atoms with Crippen molar-refractivity contribution in [3.8, 4) is 17.0 Å². The van der Waals surface area contributed by atoms with Gasteiger partial charge in [-0.2, -0.15) is 5.10 Å². The smallest absolute Gasteiger partial charge is 0.255 e. The summed E-state index contributed by atoms with van der Waals surface area (Å²) in [6.45, 7) is 2.79. The average molecular weight is 336 g/mol. The van der Waals surface area contributed by atoms with E-state index in [0.29, 0.717) is 24.5 Å². The van der Waals surface area contributed by atoms with E-state index in [9.17, 15) is 4.79 Å². The Morgan fingerprint density at radius 1 is 1.24 bits per heavy atom. The molecule has 0 unspecified atom stereocenters. The third kappa shape index (κ3) is 3.85. The van der Waals surface area contributed by atoms with E-state index in [1.807, 2.05) is 38.2 Å². The molecule has 6 nitrogen and oxygen atoms in total. The van der Waals surface area contributed by atoms with Crippen molar-refractivity contribution in [1.29, 1.82) is 0 Å². The topological polar surface area (TPSA) is 69.0 Å². The Bertz CT molecular complexity index is 873. The molecule has 3 aromatic rings. The van der Waals surface area contributed by atoms with E-state index in [-0.39, 0.29) is 5.91 Å². The molecule has 1 aromatic carbocycles. The van der Waals surface area contributed by atoms with Crippen LogP contribution in [0.1, 0.15) is 22.8 Å². The highest BCUT2D eigenvalue weighted by atomic mass is 16.5. The summed E-state index contributed by atoms with van der Waals surface area (Å²) in [7, 11) is 1.88. The first-order valence-corrected chi connectivity index (χ1v) is 8.11. The molecule has 0 spiro atoms. The molecule has 25 heavy (non-hydrogen) atoms. The molecule has 0 saturated heterocycles. The predicted octanol–water partition coefficient (Wildman–Crippen LogP) is 2.81. The number of para-hydroxylation sites is 1. The Hall–Kier alpha value is -3.15. The molecular weight excluding hydrogens is 316 g/mol. The summed E-state index contributed by atoms with van der Waals surface area (Å²) in [5, 5.41) is 7.09. The van der Waals surface area contributed by atoms with Crippen LogP contribution in [-0.4, -0.2) is 27.3 Å². The van der Waals surface area contributed by atoms with E-state index >= 15 is 0 Å². The fourth-order valence-corrected chi connectivity index (χ4v) is 2.59. The monoisotopic (exact) mass is 336 g/mol. The minimum absolute atomic E-state index is 0.171. The highest BCUT2D eigenvalue weighted by molar-refractivity contribution is 5.96. The number of nitrogens with one attached hydrogen (secondary N) is 1. The molecule has 2 aromatic heterocycles. The Morgan fingerprint density at radius 2 is 2.08 bits per heavy atom.